The summed E-state index contributed by atoms with van der Waals surface area (Å²) >= 11 is 0. The van der Waals surface area contributed by atoms with E-state index in [-0.39, 0.29) is 12.0 Å². The van der Waals surface area contributed by atoms with Gasteiger partial charge in [-0.25, -0.2) is 9.97 Å². The predicted octanol–water partition coefficient (Wildman–Crippen LogP) is 14.6. The van der Waals surface area contributed by atoms with E-state index in [1.165, 1.54) is 72.0 Å². The molecule has 2 aromatic heterocycles. The van der Waals surface area contributed by atoms with Crippen LogP contribution in [0.4, 0.5) is 0 Å². The van der Waals surface area contributed by atoms with Crippen LogP contribution in [0.2, 0.25) is 0 Å². The van der Waals surface area contributed by atoms with E-state index in [0.29, 0.717) is 17.8 Å². The van der Waals surface area contributed by atoms with E-state index in [1.54, 1.807) is 0 Å². The fourth-order valence-corrected chi connectivity index (χ4v) is 12.1. The van der Waals surface area contributed by atoms with E-state index < -0.39 is 0 Å². The van der Waals surface area contributed by atoms with Crippen molar-refractivity contribution < 1.29 is 0 Å². The van der Waals surface area contributed by atoms with Gasteiger partial charge in [0.1, 0.15) is 5.82 Å². The summed E-state index contributed by atoms with van der Waals surface area (Å²) in [6, 6.07) is 49.4. The van der Waals surface area contributed by atoms with Crippen molar-refractivity contribution in [1.29, 1.82) is 0 Å². The van der Waals surface area contributed by atoms with E-state index in [9.17, 15) is 0 Å². The van der Waals surface area contributed by atoms with Gasteiger partial charge in [-0.3, -0.25) is 4.98 Å². The lowest BCUT2D eigenvalue weighted by molar-refractivity contribution is 0.487. The number of allylic oxidation sites excluding steroid dienone is 10. The van der Waals surface area contributed by atoms with Crippen LogP contribution in [0.3, 0.4) is 0 Å². The lowest BCUT2D eigenvalue weighted by Crippen LogP contribution is -2.26. The van der Waals surface area contributed by atoms with E-state index >= 15 is 0 Å². The van der Waals surface area contributed by atoms with Crippen molar-refractivity contribution in [2.75, 3.05) is 0 Å². The van der Waals surface area contributed by atoms with Gasteiger partial charge in [0, 0.05) is 46.0 Å². The molecule has 6 aliphatic rings. The highest BCUT2D eigenvalue weighted by atomic mass is 14.9. The maximum absolute atomic E-state index is 5.71. The Balaban J connectivity index is 1.01. The van der Waals surface area contributed by atoms with Gasteiger partial charge in [0.25, 0.3) is 0 Å². The SMILES string of the molecule is C1=CNC(C2=CCC(c3nc(-c4ccc(-c5ccccn5)cc4)c4cc(C5=C6C=CCC7c8ccccc8C(C=C5)C67)cc(-c5ccc6c7c(cccc57)-c5ccccc5-6)c4n3)C=C2)C=C1. The molecule has 4 heteroatoms. The van der Waals surface area contributed by atoms with Gasteiger partial charge in [-0.1, -0.05) is 164 Å². The topological polar surface area (TPSA) is 50.7 Å². The number of nitrogens with one attached hydrogen (secondary N) is 1. The number of pyridine rings is 1. The minimum absolute atomic E-state index is 0.0130. The lowest BCUT2D eigenvalue weighted by Gasteiger charge is -2.33. The molecule has 5 aliphatic carbocycles. The minimum atomic E-state index is 0.0130. The average Bonchev–Trinajstić information content (AvgIpc) is 3.90. The molecule has 0 bridgehead atoms. The van der Waals surface area contributed by atoms with Gasteiger partial charge >= 0.3 is 0 Å². The molecule has 3 heterocycles. The summed E-state index contributed by atoms with van der Waals surface area (Å²) in [6.07, 6.45) is 28.8. The normalized spacial score (nSPS) is 21.5. The molecule has 0 saturated carbocycles. The lowest BCUT2D eigenvalue weighted by atomic mass is 9.71. The highest BCUT2D eigenvalue weighted by molar-refractivity contribution is 6.20. The van der Waals surface area contributed by atoms with E-state index in [0.717, 1.165) is 57.6 Å². The summed E-state index contributed by atoms with van der Waals surface area (Å²) in [5, 5.41) is 7.11. The summed E-state index contributed by atoms with van der Waals surface area (Å²) in [5.41, 5.74) is 20.7. The quantitative estimate of drug-likeness (QED) is 0.181. The minimum Gasteiger partial charge on any atom is -0.381 e. The Labute approximate surface area is 384 Å². The van der Waals surface area contributed by atoms with Crippen molar-refractivity contribution in [2.24, 2.45) is 5.92 Å². The summed E-state index contributed by atoms with van der Waals surface area (Å²) in [7, 11) is 0. The standard InChI is InChI=1S/C62H44N4/c1-3-13-45-43(11-1)49-16-9-15-48-42(29-31-52(45)58(48)49)41-35-54(47-30-32-53-46-14-4-2-12-44(46)50-17-10-18-51(47)59(50)53)61-55(36-41)60(39-25-21-37(22-26-39)56-19-5-7-33-63-56)65-62(66-61)40-27-23-38(24-28-40)57-20-6-8-34-64-57/h1-15,17-27,29-36,40,49,52,57-58,64H,16,28H2. The molecule has 8 aromatic rings. The second kappa shape index (κ2) is 14.8. The van der Waals surface area contributed by atoms with Gasteiger partial charge in [0.15, 0.2) is 0 Å². The molecular weight excluding hydrogens is 801 g/mol. The molecule has 5 atom stereocenters. The summed E-state index contributed by atoms with van der Waals surface area (Å²) in [5.74, 6) is 2.11. The van der Waals surface area contributed by atoms with Gasteiger partial charge in [-0.15, -0.1) is 0 Å². The molecular formula is C62H44N4. The number of benzene rings is 6. The molecule has 14 rings (SSSR count). The van der Waals surface area contributed by atoms with Crippen LogP contribution in [0.25, 0.3) is 83.1 Å². The number of hydrogen-bond donors (Lipinski definition) is 1. The smallest absolute Gasteiger partial charge is 0.136 e. The first-order chi connectivity index (χ1) is 32.7. The number of fused-ring (bicyclic) bond motifs is 7. The number of dihydropyridines is 1. The first-order valence-corrected chi connectivity index (χ1v) is 23.4. The van der Waals surface area contributed by atoms with Gasteiger partial charge < -0.3 is 5.32 Å². The number of hydrogen-bond acceptors (Lipinski definition) is 4. The van der Waals surface area contributed by atoms with Crippen LogP contribution in [0, 0.1) is 5.92 Å². The van der Waals surface area contributed by atoms with Gasteiger partial charge in [0.05, 0.1) is 22.9 Å². The molecule has 1 N–H and O–H groups in total. The molecule has 0 fully saturated rings. The van der Waals surface area contributed by atoms with Crippen LogP contribution in [0.5, 0.6) is 0 Å². The first-order valence-electron chi connectivity index (χ1n) is 23.4. The van der Waals surface area contributed by atoms with Gasteiger partial charge in [-0.05, 0) is 127 Å². The maximum atomic E-state index is 5.71. The summed E-state index contributed by atoms with van der Waals surface area (Å²) < 4.78 is 0. The van der Waals surface area contributed by atoms with Gasteiger partial charge in [0.2, 0.25) is 0 Å². The molecule has 66 heavy (non-hydrogen) atoms. The third-order valence-electron chi connectivity index (χ3n) is 15.1. The fraction of sp³-hybridized carbons (Fsp3) is 0.113. The zero-order valence-electron chi connectivity index (χ0n) is 36.3. The zero-order chi connectivity index (χ0) is 43.3. The predicted molar refractivity (Wildman–Crippen MR) is 271 cm³/mol. The van der Waals surface area contributed by atoms with Crippen molar-refractivity contribution in [3.8, 4) is 55.9 Å². The Morgan fingerprint density at radius 3 is 2.18 bits per heavy atom. The third kappa shape index (κ3) is 5.74. The van der Waals surface area contributed by atoms with Crippen LogP contribution in [0.1, 0.15) is 53.1 Å². The summed E-state index contributed by atoms with van der Waals surface area (Å²) in [4.78, 5) is 16.0. The molecule has 5 unspecified atom stereocenters. The van der Waals surface area contributed by atoms with Gasteiger partial charge in [-0.2, -0.15) is 0 Å². The molecule has 4 nitrogen and oxygen atoms in total. The first kappa shape index (κ1) is 37.4. The highest BCUT2D eigenvalue weighted by Gasteiger charge is 2.44. The van der Waals surface area contributed by atoms with Crippen molar-refractivity contribution in [1.82, 2.24) is 20.3 Å². The van der Waals surface area contributed by atoms with Crippen LogP contribution in [-0.4, -0.2) is 21.0 Å². The van der Waals surface area contributed by atoms with Crippen LogP contribution in [0.15, 0.2) is 218 Å². The van der Waals surface area contributed by atoms with E-state index in [2.05, 4.69) is 186 Å². The molecule has 0 spiro atoms. The zero-order valence-corrected chi connectivity index (χ0v) is 36.3. The number of aromatic nitrogens is 3. The van der Waals surface area contributed by atoms with Crippen molar-refractivity contribution in [2.45, 2.75) is 36.6 Å². The Kier molecular flexibility index (Phi) is 8.39. The van der Waals surface area contributed by atoms with E-state index in [4.69, 9.17) is 9.97 Å². The Hall–Kier alpha value is -7.95. The molecule has 312 valence electrons. The molecule has 0 radical (unpaired) electrons. The fourth-order valence-electron chi connectivity index (χ4n) is 12.1. The second-order valence-corrected chi connectivity index (χ2v) is 18.5. The monoisotopic (exact) mass is 844 g/mol. The number of rotatable bonds is 6. The molecule has 6 aromatic carbocycles. The molecule has 1 aliphatic heterocycles. The van der Waals surface area contributed by atoms with Crippen LogP contribution >= 0.6 is 0 Å². The average molecular weight is 845 g/mol. The van der Waals surface area contributed by atoms with Crippen LogP contribution < -0.4 is 5.32 Å². The Morgan fingerprint density at radius 1 is 0.561 bits per heavy atom. The summed E-state index contributed by atoms with van der Waals surface area (Å²) in [6.45, 7) is 0. The molecule has 0 amide bonds. The van der Waals surface area contributed by atoms with Crippen molar-refractivity contribution in [3.05, 3.63) is 240 Å². The third-order valence-corrected chi connectivity index (χ3v) is 15.1. The molecule has 0 saturated heterocycles. The van der Waals surface area contributed by atoms with Crippen molar-refractivity contribution in [3.63, 3.8) is 0 Å². The highest BCUT2D eigenvalue weighted by Crippen LogP contribution is 2.58. The Morgan fingerprint density at radius 2 is 1.36 bits per heavy atom. The largest absolute Gasteiger partial charge is 0.381 e. The maximum Gasteiger partial charge on any atom is 0.136 e. The Bertz CT molecular complexity index is 3550. The van der Waals surface area contributed by atoms with Crippen LogP contribution in [-0.2, 0) is 0 Å². The number of nitrogens with zero attached hydrogens (tertiary/aromatic N) is 3. The van der Waals surface area contributed by atoms with E-state index in [1.807, 2.05) is 30.6 Å². The van der Waals surface area contributed by atoms with Crippen molar-refractivity contribution >= 4 is 27.2 Å². The second-order valence-electron chi connectivity index (χ2n) is 18.5.